The second-order valence-corrected chi connectivity index (χ2v) is 7.00. The van der Waals surface area contributed by atoms with Crippen molar-refractivity contribution in [3.63, 3.8) is 0 Å². The Morgan fingerprint density at radius 2 is 2.17 bits per heavy atom. The number of rotatable bonds is 2. The second-order valence-electron chi connectivity index (χ2n) is 5.78. The summed E-state index contributed by atoms with van der Waals surface area (Å²) in [5, 5.41) is 3.15. The van der Waals surface area contributed by atoms with Gasteiger partial charge in [-0.2, -0.15) is 11.8 Å². The van der Waals surface area contributed by atoms with Crippen molar-refractivity contribution in [3.8, 4) is 0 Å². The molecule has 2 rings (SSSR count). The first-order valence-corrected chi connectivity index (χ1v) is 8.51. The average Bonchev–Trinajstić information content (AvgIpc) is 2.65. The Balaban J connectivity index is 1.70. The molecule has 2 amide bonds. The first-order valence-electron chi connectivity index (χ1n) is 7.36. The first kappa shape index (κ1) is 14.0. The van der Waals surface area contributed by atoms with Gasteiger partial charge in [0.2, 0.25) is 0 Å². The summed E-state index contributed by atoms with van der Waals surface area (Å²) in [6.07, 6.45) is 6.42. The highest BCUT2D eigenvalue weighted by Gasteiger charge is 2.21. The van der Waals surface area contributed by atoms with E-state index in [0.29, 0.717) is 5.92 Å². The minimum absolute atomic E-state index is 0.163. The largest absolute Gasteiger partial charge is 0.338 e. The Morgan fingerprint density at radius 3 is 3.00 bits per heavy atom. The molecular formula is C14H26N2OS. The van der Waals surface area contributed by atoms with Gasteiger partial charge in [0.15, 0.2) is 0 Å². The standard InChI is InChI=1S/C14H26N2OS/c1-12-4-2-5-13(10-12)11-15-14(17)16-6-3-8-18-9-7-16/h12-13H,2-11H2,1H3,(H,15,17). The van der Waals surface area contributed by atoms with E-state index in [1.54, 1.807) is 0 Å². The molecule has 1 N–H and O–H groups in total. The van der Waals surface area contributed by atoms with Gasteiger partial charge >= 0.3 is 6.03 Å². The molecule has 0 aromatic heterocycles. The van der Waals surface area contributed by atoms with Crippen molar-refractivity contribution < 1.29 is 4.79 Å². The zero-order valence-electron chi connectivity index (χ0n) is 11.5. The number of nitrogens with zero attached hydrogens (tertiary/aromatic N) is 1. The lowest BCUT2D eigenvalue weighted by atomic mass is 9.82. The molecule has 18 heavy (non-hydrogen) atoms. The van der Waals surface area contributed by atoms with Crippen LogP contribution in [0.2, 0.25) is 0 Å². The molecule has 0 radical (unpaired) electrons. The van der Waals surface area contributed by atoms with Crippen molar-refractivity contribution in [2.24, 2.45) is 11.8 Å². The molecule has 104 valence electrons. The lowest BCUT2D eigenvalue weighted by Crippen LogP contribution is -2.43. The third-order valence-corrected chi connectivity index (χ3v) is 5.15. The molecule has 1 saturated heterocycles. The van der Waals surface area contributed by atoms with Crippen molar-refractivity contribution >= 4 is 17.8 Å². The van der Waals surface area contributed by atoms with E-state index >= 15 is 0 Å². The smallest absolute Gasteiger partial charge is 0.317 e. The summed E-state index contributed by atoms with van der Waals surface area (Å²) in [7, 11) is 0. The number of urea groups is 1. The lowest BCUT2D eigenvalue weighted by Gasteiger charge is -2.28. The van der Waals surface area contributed by atoms with Gasteiger partial charge in [-0.1, -0.05) is 19.8 Å². The Kier molecular flexibility index (Phi) is 5.67. The Morgan fingerprint density at radius 1 is 1.28 bits per heavy atom. The molecule has 2 fully saturated rings. The van der Waals surface area contributed by atoms with Gasteiger partial charge in [-0.25, -0.2) is 4.79 Å². The minimum Gasteiger partial charge on any atom is -0.338 e. The molecule has 4 heteroatoms. The Hall–Kier alpha value is -0.380. The summed E-state index contributed by atoms with van der Waals surface area (Å²) < 4.78 is 0. The summed E-state index contributed by atoms with van der Waals surface area (Å²) >= 11 is 1.96. The van der Waals surface area contributed by atoms with Crippen LogP contribution in [0.3, 0.4) is 0 Å². The molecular weight excluding hydrogens is 244 g/mol. The van der Waals surface area contributed by atoms with Gasteiger partial charge in [0, 0.05) is 25.4 Å². The van der Waals surface area contributed by atoms with Gasteiger partial charge in [0.25, 0.3) is 0 Å². The SMILES string of the molecule is CC1CCCC(CNC(=O)N2CCCSCC2)C1. The fourth-order valence-corrected chi connectivity index (χ4v) is 3.92. The van der Waals surface area contributed by atoms with E-state index < -0.39 is 0 Å². The molecule has 0 spiro atoms. The number of hydrogen-bond donors (Lipinski definition) is 1. The van der Waals surface area contributed by atoms with Crippen LogP contribution in [0.25, 0.3) is 0 Å². The van der Waals surface area contributed by atoms with Crippen molar-refractivity contribution in [2.75, 3.05) is 31.1 Å². The maximum Gasteiger partial charge on any atom is 0.317 e. The van der Waals surface area contributed by atoms with Gasteiger partial charge in [0.05, 0.1) is 0 Å². The highest BCUT2D eigenvalue weighted by atomic mass is 32.2. The fourth-order valence-electron chi connectivity index (χ4n) is 3.04. The quantitative estimate of drug-likeness (QED) is 0.836. The third-order valence-electron chi connectivity index (χ3n) is 4.10. The van der Waals surface area contributed by atoms with E-state index in [2.05, 4.69) is 12.2 Å². The van der Waals surface area contributed by atoms with Crippen molar-refractivity contribution in [1.82, 2.24) is 10.2 Å². The highest BCUT2D eigenvalue weighted by molar-refractivity contribution is 7.99. The van der Waals surface area contributed by atoms with Crippen LogP contribution in [0.1, 0.15) is 39.0 Å². The van der Waals surface area contributed by atoms with Crippen LogP contribution < -0.4 is 5.32 Å². The van der Waals surface area contributed by atoms with E-state index in [9.17, 15) is 4.79 Å². The van der Waals surface area contributed by atoms with Gasteiger partial charge < -0.3 is 10.2 Å². The predicted octanol–water partition coefficient (Wildman–Crippen LogP) is 2.96. The normalized spacial score (nSPS) is 29.7. The molecule has 1 aliphatic heterocycles. The predicted molar refractivity (Wildman–Crippen MR) is 78.0 cm³/mol. The number of carbonyl (C=O) groups is 1. The average molecular weight is 270 g/mol. The molecule has 3 nitrogen and oxygen atoms in total. The molecule has 2 atom stereocenters. The van der Waals surface area contributed by atoms with E-state index in [1.807, 2.05) is 16.7 Å². The van der Waals surface area contributed by atoms with Crippen LogP contribution >= 0.6 is 11.8 Å². The molecule has 1 saturated carbocycles. The van der Waals surface area contributed by atoms with E-state index in [0.717, 1.165) is 37.7 Å². The van der Waals surface area contributed by atoms with Gasteiger partial charge in [-0.3, -0.25) is 0 Å². The molecule has 1 aliphatic carbocycles. The van der Waals surface area contributed by atoms with Crippen LogP contribution in [-0.4, -0.2) is 42.1 Å². The second kappa shape index (κ2) is 7.27. The number of carbonyl (C=O) groups excluding carboxylic acids is 1. The van der Waals surface area contributed by atoms with Crippen molar-refractivity contribution in [2.45, 2.75) is 39.0 Å². The fraction of sp³-hybridized carbons (Fsp3) is 0.929. The monoisotopic (exact) mass is 270 g/mol. The van der Waals surface area contributed by atoms with E-state index in [-0.39, 0.29) is 6.03 Å². The van der Waals surface area contributed by atoms with Crippen molar-refractivity contribution in [1.29, 1.82) is 0 Å². The Labute approximate surface area is 115 Å². The van der Waals surface area contributed by atoms with E-state index in [1.165, 1.54) is 31.4 Å². The summed E-state index contributed by atoms with van der Waals surface area (Å²) in [6.45, 7) is 5.06. The van der Waals surface area contributed by atoms with Crippen LogP contribution in [0, 0.1) is 11.8 Å². The van der Waals surface area contributed by atoms with Gasteiger partial charge in [0.1, 0.15) is 0 Å². The lowest BCUT2D eigenvalue weighted by molar-refractivity contribution is 0.195. The number of thioether (sulfide) groups is 1. The van der Waals surface area contributed by atoms with Crippen LogP contribution in [-0.2, 0) is 0 Å². The molecule has 0 aromatic rings. The first-order chi connectivity index (χ1) is 8.75. The number of amides is 2. The minimum atomic E-state index is 0.163. The number of hydrogen-bond acceptors (Lipinski definition) is 2. The highest BCUT2D eigenvalue weighted by Crippen LogP contribution is 2.27. The molecule has 2 unspecified atom stereocenters. The zero-order chi connectivity index (χ0) is 12.8. The molecule has 0 aromatic carbocycles. The van der Waals surface area contributed by atoms with Crippen LogP contribution in [0.4, 0.5) is 4.79 Å². The summed E-state index contributed by atoms with van der Waals surface area (Å²) in [6, 6.07) is 0.163. The van der Waals surface area contributed by atoms with Gasteiger partial charge in [-0.05, 0) is 36.9 Å². The molecule has 0 bridgehead atoms. The topological polar surface area (TPSA) is 32.3 Å². The Bertz CT molecular complexity index is 265. The third kappa shape index (κ3) is 4.38. The maximum atomic E-state index is 12.1. The summed E-state index contributed by atoms with van der Waals surface area (Å²) in [5.74, 6) is 3.84. The van der Waals surface area contributed by atoms with Crippen LogP contribution in [0.15, 0.2) is 0 Å². The molecule has 2 aliphatic rings. The summed E-state index contributed by atoms with van der Waals surface area (Å²) in [5.41, 5.74) is 0. The maximum absolute atomic E-state index is 12.1. The van der Waals surface area contributed by atoms with E-state index in [4.69, 9.17) is 0 Å². The summed E-state index contributed by atoms with van der Waals surface area (Å²) in [4.78, 5) is 14.1. The zero-order valence-corrected chi connectivity index (χ0v) is 12.3. The number of nitrogens with one attached hydrogen (secondary N) is 1. The molecule has 1 heterocycles. The van der Waals surface area contributed by atoms with Gasteiger partial charge in [-0.15, -0.1) is 0 Å². The van der Waals surface area contributed by atoms with Crippen LogP contribution in [0.5, 0.6) is 0 Å². The van der Waals surface area contributed by atoms with Crippen molar-refractivity contribution in [3.05, 3.63) is 0 Å².